The van der Waals surface area contributed by atoms with Gasteiger partial charge in [0.05, 0.1) is 18.7 Å². The van der Waals surface area contributed by atoms with Crippen molar-refractivity contribution in [3.05, 3.63) is 60.0 Å². The molecule has 164 valence electrons. The number of aryl methyl sites for hydroxylation is 1. The third kappa shape index (κ3) is 5.12. The van der Waals surface area contributed by atoms with Crippen molar-refractivity contribution in [3.63, 3.8) is 0 Å². The van der Waals surface area contributed by atoms with Gasteiger partial charge in [0.2, 0.25) is 21.8 Å². The van der Waals surface area contributed by atoms with Crippen molar-refractivity contribution in [2.75, 3.05) is 26.0 Å². The summed E-state index contributed by atoms with van der Waals surface area (Å²) in [5.41, 5.74) is 1.68. The van der Waals surface area contributed by atoms with E-state index in [0.717, 1.165) is 9.87 Å². The third-order valence-electron chi connectivity index (χ3n) is 4.53. The van der Waals surface area contributed by atoms with Crippen LogP contribution in [0.2, 0.25) is 0 Å². The van der Waals surface area contributed by atoms with Crippen LogP contribution in [0.4, 0.5) is 5.69 Å². The molecule has 0 saturated heterocycles. The molecule has 0 aliphatic heterocycles. The Morgan fingerprint density at radius 3 is 2.52 bits per heavy atom. The van der Waals surface area contributed by atoms with Gasteiger partial charge in [-0.3, -0.25) is 4.79 Å². The second-order valence-electron chi connectivity index (χ2n) is 6.99. The van der Waals surface area contributed by atoms with E-state index in [1.165, 1.54) is 26.2 Å². The number of anilines is 1. The summed E-state index contributed by atoms with van der Waals surface area (Å²) >= 11 is 0. The number of aromatic nitrogens is 1. The number of rotatable bonds is 8. The Morgan fingerprint density at radius 1 is 1.16 bits per heavy atom. The predicted molar refractivity (Wildman–Crippen MR) is 117 cm³/mol. The van der Waals surface area contributed by atoms with E-state index in [2.05, 4.69) is 10.3 Å². The number of carbonyl (C=O) groups is 1. The Balaban J connectivity index is 1.80. The lowest BCUT2D eigenvalue weighted by molar-refractivity contribution is -0.115. The van der Waals surface area contributed by atoms with Gasteiger partial charge in [0, 0.05) is 25.3 Å². The van der Waals surface area contributed by atoms with E-state index < -0.39 is 10.0 Å². The van der Waals surface area contributed by atoms with Crippen LogP contribution >= 0.6 is 0 Å². The van der Waals surface area contributed by atoms with Crippen LogP contribution in [0.25, 0.3) is 11.5 Å². The molecule has 0 atom stereocenters. The molecular formula is C22H25N3O5S. The van der Waals surface area contributed by atoms with Gasteiger partial charge in [-0.1, -0.05) is 18.2 Å². The molecule has 0 unspecified atom stereocenters. The first-order valence-corrected chi connectivity index (χ1v) is 11.2. The SMILES string of the molecule is CCOc1ccc(NC(=O)Cc2nc(-c3ccccc3)oc2C)cc1S(=O)(=O)N(C)C. The van der Waals surface area contributed by atoms with Crippen LogP contribution in [0.5, 0.6) is 5.75 Å². The van der Waals surface area contributed by atoms with Crippen LogP contribution in [0.15, 0.2) is 57.8 Å². The van der Waals surface area contributed by atoms with Crippen LogP contribution in [-0.2, 0) is 21.2 Å². The number of nitrogens with zero attached hydrogens (tertiary/aromatic N) is 2. The molecule has 1 aromatic heterocycles. The van der Waals surface area contributed by atoms with Gasteiger partial charge in [-0.2, -0.15) is 0 Å². The van der Waals surface area contributed by atoms with Gasteiger partial charge < -0.3 is 14.5 Å². The van der Waals surface area contributed by atoms with Crippen molar-refractivity contribution in [3.8, 4) is 17.2 Å². The molecule has 0 aliphatic rings. The molecule has 0 saturated carbocycles. The Kier molecular flexibility index (Phi) is 6.77. The number of nitrogens with one attached hydrogen (secondary N) is 1. The Morgan fingerprint density at radius 2 is 1.87 bits per heavy atom. The lowest BCUT2D eigenvalue weighted by Crippen LogP contribution is -2.23. The quantitative estimate of drug-likeness (QED) is 0.572. The topological polar surface area (TPSA) is 102 Å². The van der Waals surface area contributed by atoms with Gasteiger partial charge in [0.25, 0.3) is 0 Å². The second kappa shape index (κ2) is 9.32. The highest BCUT2D eigenvalue weighted by atomic mass is 32.2. The number of sulfonamides is 1. The fraction of sp³-hybridized carbons (Fsp3) is 0.273. The van der Waals surface area contributed by atoms with Crippen LogP contribution in [0, 0.1) is 6.92 Å². The molecule has 0 radical (unpaired) electrons. The lowest BCUT2D eigenvalue weighted by atomic mass is 10.2. The number of oxazole rings is 1. The van der Waals surface area contributed by atoms with Gasteiger partial charge in [-0.05, 0) is 44.2 Å². The van der Waals surface area contributed by atoms with Crippen molar-refractivity contribution in [2.45, 2.75) is 25.2 Å². The normalized spacial score (nSPS) is 11.5. The molecule has 31 heavy (non-hydrogen) atoms. The van der Waals surface area contributed by atoms with Crippen LogP contribution in [-0.4, -0.2) is 44.3 Å². The van der Waals surface area contributed by atoms with Gasteiger partial charge in [0.15, 0.2) is 0 Å². The highest BCUT2D eigenvalue weighted by molar-refractivity contribution is 7.89. The highest BCUT2D eigenvalue weighted by Crippen LogP contribution is 2.29. The number of ether oxygens (including phenoxy) is 1. The largest absolute Gasteiger partial charge is 0.492 e. The predicted octanol–water partition coefficient (Wildman–Crippen LogP) is 3.48. The maximum Gasteiger partial charge on any atom is 0.246 e. The Bertz CT molecular complexity index is 1170. The molecule has 0 bridgehead atoms. The van der Waals surface area contributed by atoms with Gasteiger partial charge in [-0.25, -0.2) is 17.7 Å². The summed E-state index contributed by atoms with van der Waals surface area (Å²) in [6, 6.07) is 13.9. The maximum absolute atomic E-state index is 12.6. The highest BCUT2D eigenvalue weighted by Gasteiger charge is 2.23. The lowest BCUT2D eigenvalue weighted by Gasteiger charge is -2.16. The van der Waals surface area contributed by atoms with E-state index >= 15 is 0 Å². The maximum atomic E-state index is 12.6. The zero-order valence-corrected chi connectivity index (χ0v) is 18.7. The first-order chi connectivity index (χ1) is 14.7. The van der Waals surface area contributed by atoms with Crippen LogP contribution in [0.3, 0.4) is 0 Å². The number of amides is 1. The smallest absolute Gasteiger partial charge is 0.246 e. The number of carbonyl (C=O) groups excluding carboxylic acids is 1. The van der Waals surface area contributed by atoms with Gasteiger partial charge in [0.1, 0.15) is 16.4 Å². The van der Waals surface area contributed by atoms with Crippen molar-refractivity contribution in [1.82, 2.24) is 9.29 Å². The Labute approximate surface area is 181 Å². The third-order valence-corrected chi connectivity index (χ3v) is 6.36. The molecule has 0 spiro atoms. The minimum absolute atomic E-state index is 0.00879. The number of hydrogen-bond acceptors (Lipinski definition) is 6. The Hall–Kier alpha value is -3.17. The minimum Gasteiger partial charge on any atom is -0.492 e. The minimum atomic E-state index is -3.75. The molecule has 9 heteroatoms. The van der Waals surface area contributed by atoms with Gasteiger partial charge in [-0.15, -0.1) is 0 Å². The first-order valence-electron chi connectivity index (χ1n) is 9.73. The van der Waals surface area contributed by atoms with Crippen LogP contribution < -0.4 is 10.1 Å². The van der Waals surface area contributed by atoms with Crippen molar-refractivity contribution in [1.29, 1.82) is 0 Å². The summed E-state index contributed by atoms with van der Waals surface area (Å²) in [6.07, 6.45) is -0.00879. The van der Waals surface area contributed by atoms with E-state index in [1.807, 2.05) is 30.3 Å². The zero-order chi connectivity index (χ0) is 22.6. The first kappa shape index (κ1) is 22.5. The number of hydrogen-bond donors (Lipinski definition) is 1. The molecule has 1 N–H and O–H groups in total. The second-order valence-corrected chi connectivity index (χ2v) is 9.12. The molecule has 0 aliphatic carbocycles. The summed E-state index contributed by atoms with van der Waals surface area (Å²) in [5, 5.41) is 2.73. The molecule has 3 aromatic rings. The summed E-state index contributed by atoms with van der Waals surface area (Å²) in [4.78, 5) is 17.0. The molecular weight excluding hydrogens is 418 g/mol. The number of benzene rings is 2. The van der Waals surface area contributed by atoms with E-state index in [4.69, 9.17) is 9.15 Å². The summed E-state index contributed by atoms with van der Waals surface area (Å²) < 4.78 is 37.5. The molecule has 1 amide bonds. The average molecular weight is 444 g/mol. The molecule has 8 nitrogen and oxygen atoms in total. The standard InChI is InChI=1S/C22H25N3O5S/c1-5-29-19-12-11-17(13-20(19)31(27,28)25(3)4)23-21(26)14-18-15(2)30-22(24-18)16-9-7-6-8-10-16/h6-13H,5,14H2,1-4H3,(H,23,26). The molecule has 0 fully saturated rings. The summed E-state index contributed by atoms with van der Waals surface area (Å²) in [7, 11) is -0.874. The van der Waals surface area contributed by atoms with Gasteiger partial charge >= 0.3 is 0 Å². The fourth-order valence-electron chi connectivity index (χ4n) is 2.91. The van der Waals surface area contributed by atoms with Crippen molar-refractivity contribution >= 4 is 21.6 Å². The molecule has 3 rings (SSSR count). The van der Waals surface area contributed by atoms with E-state index in [0.29, 0.717) is 29.6 Å². The average Bonchev–Trinajstić information content (AvgIpc) is 3.10. The monoisotopic (exact) mass is 443 g/mol. The fourth-order valence-corrected chi connectivity index (χ4v) is 3.96. The van der Waals surface area contributed by atoms with Crippen molar-refractivity contribution < 1.29 is 22.4 Å². The van der Waals surface area contributed by atoms with Crippen molar-refractivity contribution in [2.24, 2.45) is 0 Å². The molecule has 1 heterocycles. The zero-order valence-electron chi connectivity index (χ0n) is 17.9. The summed E-state index contributed by atoms with van der Waals surface area (Å²) in [6.45, 7) is 3.84. The van der Waals surface area contributed by atoms with E-state index in [-0.39, 0.29) is 23.0 Å². The van der Waals surface area contributed by atoms with Crippen LogP contribution in [0.1, 0.15) is 18.4 Å². The van der Waals surface area contributed by atoms with E-state index in [9.17, 15) is 13.2 Å². The van der Waals surface area contributed by atoms with E-state index in [1.54, 1.807) is 19.9 Å². The molecule has 2 aromatic carbocycles. The summed E-state index contributed by atoms with van der Waals surface area (Å²) in [5.74, 6) is 0.889.